The molecule has 0 unspecified atom stereocenters. The van der Waals surface area contributed by atoms with Gasteiger partial charge in [0.2, 0.25) is 0 Å². The minimum Gasteiger partial charge on any atom is -0.317 e. The van der Waals surface area contributed by atoms with Gasteiger partial charge in [0.25, 0.3) is 0 Å². The molecule has 0 atom stereocenters. The summed E-state index contributed by atoms with van der Waals surface area (Å²) in [5, 5.41) is 10.8. The third-order valence-electron chi connectivity index (χ3n) is 2.57. The number of rotatable bonds is 5. The summed E-state index contributed by atoms with van der Waals surface area (Å²) in [4.78, 5) is 0. The van der Waals surface area contributed by atoms with Crippen molar-refractivity contribution in [2.45, 2.75) is 26.6 Å². The molecule has 0 aliphatic rings. The first-order chi connectivity index (χ1) is 8.69. The normalized spacial score (nSPS) is 10.8. The monoisotopic (exact) mass is 252 g/mol. The number of nitrogens with one attached hydrogen (secondary N) is 1. The van der Waals surface area contributed by atoms with Crippen molar-refractivity contribution in [1.29, 1.82) is 0 Å². The van der Waals surface area contributed by atoms with Gasteiger partial charge >= 0.3 is 0 Å². The number of aryl methyl sites for hydroxylation is 1. The first-order valence-electron chi connectivity index (χ1n) is 5.71. The maximum absolute atomic E-state index is 13.0. The van der Waals surface area contributed by atoms with E-state index in [1.807, 2.05) is 11.5 Å². The second kappa shape index (κ2) is 5.68. The van der Waals surface area contributed by atoms with E-state index in [9.17, 15) is 8.78 Å². The van der Waals surface area contributed by atoms with E-state index in [1.54, 1.807) is 6.33 Å². The highest BCUT2D eigenvalue weighted by molar-refractivity contribution is 5.17. The first-order valence-corrected chi connectivity index (χ1v) is 5.71. The van der Waals surface area contributed by atoms with Gasteiger partial charge in [-0.3, -0.25) is 0 Å². The standard InChI is InChI=1S/C12H14F2N4/c1-2-18-8-16-17-12(18)7-15-6-9-3-10(13)5-11(14)4-9/h3-5,8,15H,2,6-7H2,1H3. The SMILES string of the molecule is CCn1cnnc1CNCc1cc(F)cc(F)c1. The Hall–Kier alpha value is -1.82. The maximum Gasteiger partial charge on any atom is 0.146 e. The molecule has 0 amide bonds. The number of hydrogen-bond donors (Lipinski definition) is 1. The van der Waals surface area contributed by atoms with Crippen molar-refractivity contribution in [3.63, 3.8) is 0 Å². The molecule has 1 aromatic carbocycles. The summed E-state index contributed by atoms with van der Waals surface area (Å²) in [5.41, 5.74) is 0.565. The molecule has 6 heteroatoms. The van der Waals surface area contributed by atoms with Crippen LogP contribution in [0, 0.1) is 11.6 Å². The molecule has 1 heterocycles. The van der Waals surface area contributed by atoms with Crippen LogP contribution in [0.4, 0.5) is 8.78 Å². The molecular formula is C12H14F2N4. The van der Waals surface area contributed by atoms with Gasteiger partial charge in [-0.1, -0.05) is 0 Å². The lowest BCUT2D eigenvalue weighted by atomic mass is 10.2. The zero-order chi connectivity index (χ0) is 13.0. The van der Waals surface area contributed by atoms with Gasteiger partial charge in [0.05, 0.1) is 6.54 Å². The summed E-state index contributed by atoms with van der Waals surface area (Å²) in [5.74, 6) is -0.332. The Bertz CT molecular complexity index is 504. The number of halogens is 2. The molecular weight excluding hydrogens is 238 g/mol. The minimum atomic E-state index is -0.566. The van der Waals surface area contributed by atoms with Crippen molar-refractivity contribution >= 4 is 0 Å². The Morgan fingerprint density at radius 2 is 1.89 bits per heavy atom. The van der Waals surface area contributed by atoms with E-state index in [4.69, 9.17) is 0 Å². The molecule has 2 aromatic rings. The lowest BCUT2D eigenvalue weighted by molar-refractivity contribution is 0.570. The second-order valence-corrected chi connectivity index (χ2v) is 3.91. The predicted molar refractivity (Wildman–Crippen MR) is 62.6 cm³/mol. The van der Waals surface area contributed by atoms with Crippen molar-refractivity contribution in [3.8, 4) is 0 Å². The second-order valence-electron chi connectivity index (χ2n) is 3.91. The fraction of sp³-hybridized carbons (Fsp3) is 0.333. The lowest BCUT2D eigenvalue weighted by Gasteiger charge is -2.06. The van der Waals surface area contributed by atoms with Gasteiger partial charge < -0.3 is 9.88 Å². The number of hydrogen-bond acceptors (Lipinski definition) is 3. The molecule has 4 nitrogen and oxygen atoms in total. The van der Waals surface area contributed by atoms with Crippen molar-refractivity contribution in [3.05, 3.63) is 47.5 Å². The highest BCUT2D eigenvalue weighted by Crippen LogP contribution is 2.07. The summed E-state index contributed by atoms with van der Waals surface area (Å²) in [6.45, 7) is 3.67. The molecule has 1 aromatic heterocycles. The third kappa shape index (κ3) is 3.10. The van der Waals surface area contributed by atoms with E-state index in [-0.39, 0.29) is 0 Å². The zero-order valence-corrected chi connectivity index (χ0v) is 10.0. The predicted octanol–water partition coefficient (Wildman–Crippen LogP) is 1.87. The summed E-state index contributed by atoms with van der Waals surface area (Å²) >= 11 is 0. The topological polar surface area (TPSA) is 42.7 Å². The number of benzene rings is 1. The van der Waals surface area contributed by atoms with Gasteiger partial charge in [-0.2, -0.15) is 0 Å². The number of aromatic nitrogens is 3. The molecule has 96 valence electrons. The Kier molecular flexibility index (Phi) is 3.99. The van der Waals surface area contributed by atoms with E-state index in [0.29, 0.717) is 18.7 Å². The molecule has 0 aliphatic carbocycles. The average Bonchev–Trinajstić information content (AvgIpc) is 2.75. The van der Waals surface area contributed by atoms with Gasteiger partial charge in [0.1, 0.15) is 23.8 Å². The molecule has 0 radical (unpaired) electrons. The van der Waals surface area contributed by atoms with Crippen molar-refractivity contribution < 1.29 is 8.78 Å². The molecule has 0 fully saturated rings. The lowest BCUT2D eigenvalue weighted by Crippen LogP contribution is -2.16. The maximum atomic E-state index is 13.0. The molecule has 1 N–H and O–H groups in total. The number of nitrogens with zero attached hydrogens (tertiary/aromatic N) is 3. The summed E-state index contributed by atoms with van der Waals surface area (Å²) < 4.78 is 27.8. The van der Waals surface area contributed by atoms with Crippen LogP contribution in [-0.2, 0) is 19.6 Å². The van der Waals surface area contributed by atoms with E-state index >= 15 is 0 Å². The summed E-state index contributed by atoms with van der Waals surface area (Å²) in [6.07, 6.45) is 1.65. The van der Waals surface area contributed by atoms with Gasteiger partial charge in [-0.05, 0) is 24.6 Å². The highest BCUT2D eigenvalue weighted by Gasteiger charge is 2.03. The van der Waals surface area contributed by atoms with Gasteiger partial charge in [-0.25, -0.2) is 8.78 Å². The molecule has 18 heavy (non-hydrogen) atoms. The Labute approximate surface area is 104 Å². The third-order valence-corrected chi connectivity index (χ3v) is 2.57. The van der Waals surface area contributed by atoms with Gasteiger partial charge in [0, 0.05) is 19.2 Å². The van der Waals surface area contributed by atoms with E-state index in [1.165, 1.54) is 12.1 Å². The molecule has 0 spiro atoms. The summed E-state index contributed by atoms with van der Waals surface area (Å²) in [7, 11) is 0. The summed E-state index contributed by atoms with van der Waals surface area (Å²) in [6, 6.07) is 3.47. The minimum absolute atomic E-state index is 0.380. The van der Waals surface area contributed by atoms with Crippen LogP contribution >= 0.6 is 0 Å². The van der Waals surface area contributed by atoms with Crippen LogP contribution in [-0.4, -0.2) is 14.8 Å². The van der Waals surface area contributed by atoms with E-state index < -0.39 is 11.6 Å². The van der Waals surface area contributed by atoms with Crippen LogP contribution in [0.1, 0.15) is 18.3 Å². The van der Waals surface area contributed by atoms with Crippen molar-refractivity contribution in [2.75, 3.05) is 0 Å². The average molecular weight is 252 g/mol. The fourth-order valence-corrected chi connectivity index (χ4v) is 1.71. The Balaban J connectivity index is 1.92. The van der Waals surface area contributed by atoms with Crippen molar-refractivity contribution in [2.24, 2.45) is 0 Å². The fourth-order valence-electron chi connectivity index (χ4n) is 1.71. The van der Waals surface area contributed by atoms with Crippen LogP contribution in [0.3, 0.4) is 0 Å². The quantitative estimate of drug-likeness (QED) is 0.883. The van der Waals surface area contributed by atoms with Crippen LogP contribution in [0.15, 0.2) is 24.5 Å². The first kappa shape index (κ1) is 12.6. The van der Waals surface area contributed by atoms with Crippen molar-refractivity contribution in [1.82, 2.24) is 20.1 Å². The van der Waals surface area contributed by atoms with E-state index in [0.717, 1.165) is 18.4 Å². The highest BCUT2D eigenvalue weighted by atomic mass is 19.1. The molecule has 0 bridgehead atoms. The molecule has 2 rings (SSSR count). The molecule has 0 saturated heterocycles. The molecule has 0 saturated carbocycles. The Morgan fingerprint density at radius 3 is 2.56 bits per heavy atom. The molecule has 0 aliphatic heterocycles. The largest absolute Gasteiger partial charge is 0.317 e. The van der Waals surface area contributed by atoms with Crippen LogP contribution in [0.2, 0.25) is 0 Å². The van der Waals surface area contributed by atoms with Crippen LogP contribution < -0.4 is 5.32 Å². The van der Waals surface area contributed by atoms with E-state index in [2.05, 4.69) is 15.5 Å². The van der Waals surface area contributed by atoms with Crippen LogP contribution in [0.5, 0.6) is 0 Å². The van der Waals surface area contributed by atoms with Gasteiger partial charge in [0.15, 0.2) is 0 Å². The van der Waals surface area contributed by atoms with Crippen LogP contribution in [0.25, 0.3) is 0 Å². The Morgan fingerprint density at radius 1 is 1.17 bits per heavy atom. The smallest absolute Gasteiger partial charge is 0.146 e. The zero-order valence-electron chi connectivity index (χ0n) is 10.0. The van der Waals surface area contributed by atoms with Gasteiger partial charge in [-0.15, -0.1) is 10.2 Å².